The number of amides is 2. The van der Waals surface area contributed by atoms with Crippen molar-refractivity contribution >= 4 is 29.3 Å². The molecule has 192 valence electrons. The molecule has 2 aliphatic heterocycles. The van der Waals surface area contributed by atoms with Crippen LogP contribution in [0, 0.1) is 0 Å². The highest BCUT2D eigenvalue weighted by Crippen LogP contribution is 2.55. The molecule has 0 N–H and O–H groups in total. The van der Waals surface area contributed by atoms with Gasteiger partial charge >= 0.3 is 0 Å². The Labute approximate surface area is 222 Å². The third kappa shape index (κ3) is 4.25. The maximum atomic E-state index is 14.3. The van der Waals surface area contributed by atoms with Crippen LogP contribution in [-0.2, 0) is 21.6 Å². The molecule has 1 saturated heterocycles. The van der Waals surface area contributed by atoms with Gasteiger partial charge in [0.2, 0.25) is 0 Å². The average molecular weight is 517 g/mol. The molecule has 1 fully saturated rings. The van der Waals surface area contributed by atoms with E-state index in [0.29, 0.717) is 35.9 Å². The minimum atomic E-state index is -1.13. The number of fused-ring (bicyclic) bond motifs is 2. The fraction of sp³-hybridized carbons (Fsp3) is 0.333. The first kappa shape index (κ1) is 25.2. The van der Waals surface area contributed by atoms with Crippen LogP contribution in [0.4, 0.5) is 5.69 Å². The summed E-state index contributed by atoms with van der Waals surface area (Å²) in [5.74, 6) is 1.73. The first-order chi connectivity index (χ1) is 17.7. The summed E-state index contributed by atoms with van der Waals surface area (Å²) >= 11 is 1.51. The molecule has 1 atom stereocenters. The van der Waals surface area contributed by atoms with Crippen molar-refractivity contribution < 1.29 is 19.1 Å². The SMILES string of the molecule is COc1ccc(C(=O)N2CCS[C@@]23C(=O)N(Cc2ccc(C(C)(C)C)cc2)c2ccc(OC)cc23)cc1. The number of anilines is 1. The first-order valence-electron chi connectivity index (χ1n) is 12.4. The van der Waals surface area contributed by atoms with Gasteiger partial charge in [-0.3, -0.25) is 9.59 Å². The van der Waals surface area contributed by atoms with Crippen molar-refractivity contribution in [3.63, 3.8) is 0 Å². The van der Waals surface area contributed by atoms with Crippen molar-refractivity contribution in [1.29, 1.82) is 0 Å². The molecule has 0 unspecified atom stereocenters. The van der Waals surface area contributed by atoms with Gasteiger partial charge in [0.1, 0.15) is 11.5 Å². The van der Waals surface area contributed by atoms with Gasteiger partial charge < -0.3 is 19.3 Å². The largest absolute Gasteiger partial charge is 0.497 e. The zero-order valence-corrected chi connectivity index (χ0v) is 22.7. The number of methoxy groups -OCH3 is 2. The smallest absolute Gasteiger partial charge is 0.268 e. The minimum absolute atomic E-state index is 0.0536. The Hall–Kier alpha value is -3.45. The molecule has 7 heteroatoms. The fourth-order valence-corrected chi connectivity index (χ4v) is 6.51. The zero-order chi connectivity index (χ0) is 26.4. The predicted molar refractivity (Wildman–Crippen MR) is 147 cm³/mol. The second-order valence-electron chi connectivity index (χ2n) is 10.4. The lowest BCUT2D eigenvalue weighted by atomic mass is 9.87. The van der Waals surface area contributed by atoms with Gasteiger partial charge in [0.15, 0.2) is 4.87 Å². The topological polar surface area (TPSA) is 59.1 Å². The minimum Gasteiger partial charge on any atom is -0.497 e. The van der Waals surface area contributed by atoms with Gasteiger partial charge in [-0.2, -0.15) is 0 Å². The molecule has 1 spiro atoms. The summed E-state index contributed by atoms with van der Waals surface area (Å²) in [7, 11) is 3.21. The Morgan fingerprint density at radius 2 is 1.59 bits per heavy atom. The van der Waals surface area contributed by atoms with Gasteiger partial charge in [-0.05, 0) is 59.0 Å². The highest BCUT2D eigenvalue weighted by Gasteiger charge is 2.59. The number of rotatable bonds is 5. The van der Waals surface area contributed by atoms with E-state index < -0.39 is 4.87 Å². The van der Waals surface area contributed by atoms with Crippen LogP contribution >= 0.6 is 11.8 Å². The molecule has 0 bridgehead atoms. The molecule has 0 radical (unpaired) electrons. The summed E-state index contributed by atoms with van der Waals surface area (Å²) in [6, 6.07) is 21.2. The maximum absolute atomic E-state index is 14.3. The van der Waals surface area contributed by atoms with Crippen LogP contribution in [0.3, 0.4) is 0 Å². The third-order valence-electron chi connectivity index (χ3n) is 7.14. The van der Waals surface area contributed by atoms with Gasteiger partial charge in [-0.15, -0.1) is 11.8 Å². The summed E-state index contributed by atoms with van der Waals surface area (Å²) in [4.78, 5) is 30.5. The molecule has 2 aliphatic rings. The van der Waals surface area contributed by atoms with E-state index in [0.717, 1.165) is 16.8 Å². The number of carbonyl (C=O) groups is 2. The van der Waals surface area contributed by atoms with Crippen molar-refractivity contribution in [2.45, 2.75) is 37.6 Å². The Kier molecular flexibility index (Phi) is 6.44. The molecular formula is C30H32N2O4S. The quantitative estimate of drug-likeness (QED) is 0.443. The lowest BCUT2D eigenvalue weighted by Gasteiger charge is -2.33. The Morgan fingerprint density at radius 3 is 2.22 bits per heavy atom. The number of carbonyl (C=O) groups excluding carboxylic acids is 2. The van der Waals surface area contributed by atoms with E-state index in [1.807, 2.05) is 23.1 Å². The molecular weight excluding hydrogens is 484 g/mol. The number of benzene rings is 3. The van der Waals surface area contributed by atoms with Crippen molar-refractivity contribution in [1.82, 2.24) is 4.90 Å². The monoisotopic (exact) mass is 516 g/mol. The summed E-state index contributed by atoms with van der Waals surface area (Å²) in [6.07, 6.45) is 0. The van der Waals surface area contributed by atoms with E-state index in [2.05, 4.69) is 45.0 Å². The predicted octanol–water partition coefficient (Wildman–Crippen LogP) is 5.59. The van der Waals surface area contributed by atoms with Crippen molar-refractivity contribution in [3.05, 3.63) is 89.0 Å². The van der Waals surface area contributed by atoms with Crippen molar-refractivity contribution in [2.75, 3.05) is 31.4 Å². The number of thioether (sulfide) groups is 1. The zero-order valence-electron chi connectivity index (χ0n) is 21.9. The molecule has 37 heavy (non-hydrogen) atoms. The molecule has 3 aromatic rings. The molecule has 0 aliphatic carbocycles. The number of ether oxygens (including phenoxy) is 2. The van der Waals surface area contributed by atoms with Gasteiger partial charge in [-0.1, -0.05) is 45.0 Å². The first-order valence-corrected chi connectivity index (χ1v) is 13.4. The second-order valence-corrected chi connectivity index (χ2v) is 11.7. The normalized spacial score (nSPS) is 18.9. The number of nitrogens with zero attached hydrogens (tertiary/aromatic N) is 2. The van der Waals surface area contributed by atoms with Gasteiger partial charge in [-0.25, -0.2) is 0 Å². The van der Waals surface area contributed by atoms with Crippen LogP contribution in [0.25, 0.3) is 0 Å². The van der Waals surface area contributed by atoms with Crippen LogP contribution in [0.5, 0.6) is 11.5 Å². The standard InChI is InChI=1S/C30H32N2O4S/c1-29(2,3)22-10-6-20(7-11-22)19-31-26-15-14-24(36-5)18-25(26)30(28(31)34)32(16-17-37-30)27(33)21-8-12-23(35-4)13-9-21/h6-15,18H,16-17,19H2,1-5H3/t30-/m0/s1. The molecule has 0 aromatic heterocycles. The van der Waals surface area contributed by atoms with E-state index in [4.69, 9.17) is 9.47 Å². The van der Waals surface area contributed by atoms with Crippen LogP contribution < -0.4 is 14.4 Å². The van der Waals surface area contributed by atoms with Gasteiger partial charge in [0.05, 0.1) is 26.5 Å². The van der Waals surface area contributed by atoms with Crippen LogP contribution in [0.2, 0.25) is 0 Å². The highest BCUT2D eigenvalue weighted by molar-refractivity contribution is 8.01. The summed E-state index contributed by atoms with van der Waals surface area (Å²) in [5.41, 5.74) is 4.47. The summed E-state index contributed by atoms with van der Waals surface area (Å²) < 4.78 is 10.8. The lowest BCUT2D eigenvalue weighted by molar-refractivity contribution is -0.123. The van der Waals surface area contributed by atoms with E-state index >= 15 is 0 Å². The number of hydrogen-bond acceptors (Lipinski definition) is 5. The van der Waals surface area contributed by atoms with E-state index in [1.54, 1.807) is 43.4 Å². The molecule has 2 heterocycles. The van der Waals surface area contributed by atoms with E-state index in [9.17, 15) is 9.59 Å². The number of hydrogen-bond donors (Lipinski definition) is 0. The molecule has 0 saturated carbocycles. The van der Waals surface area contributed by atoms with Crippen LogP contribution in [0.1, 0.15) is 47.8 Å². The van der Waals surface area contributed by atoms with Crippen molar-refractivity contribution in [2.24, 2.45) is 0 Å². The van der Waals surface area contributed by atoms with Crippen molar-refractivity contribution in [3.8, 4) is 11.5 Å². The maximum Gasteiger partial charge on any atom is 0.268 e. The van der Waals surface area contributed by atoms with Crippen LogP contribution in [-0.4, -0.2) is 43.2 Å². The average Bonchev–Trinajstić information content (AvgIpc) is 3.44. The van der Waals surface area contributed by atoms with Gasteiger partial charge in [0, 0.05) is 23.4 Å². The molecule has 3 aromatic carbocycles. The highest BCUT2D eigenvalue weighted by atomic mass is 32.2. The molecule has 2 amide bonds. The van der Waals surface area contributed by atoms with Crippen LogP contribution in [0.15, 0.2) is 66.7 Å². The molecule has 6 nitrogen and oxygen atoms in total. The summed E-state index contributed by atoms with van der Waals surface area (Å²) in [6.45, 7) is 7.46. The fourth-order valence-electron chi connectivity index (χ4n) is 5.06. The van der Waals surface area contributed by atoms with E-state index in [-0.39, 0.29) is 17.2 Å². The molecule has 5 rings (SSSR count). The second kappa shape index (κ2) is 9.45. The summed E-state index contributed by atoms with van der Waals surface area (Å²) in [5, 5.41) is 0. The Morgan fingerprint density at radius 1 is 0.946 bits per heavy atom. The van der Waals surface area contributed by atoms with E-state index in [1.165, 1.54) is 17.3 Å². The van der Waals surface area contributed by atoms with Gasteiger partial charge in [0.25, 0.3) is 11.8 Å². The Balaban J connectivity index is 1.54. The Bertz CT molecular complexity index is 1330. The third-order valence-corrected chi connectivity index (χ3v) is 8.56. The lowest BCUT2D eigenvalue weighted by Crippen LogP contribution is -2.50.